The fraction of sp³-hybridized carbons (Fsp3) is 0. The number of imidazole rings is 1. The lowest BCUT2D eigenvalue weighted by molar-refractivity contribution is 0.0692. The third-order valence-electron chi connectivity index (χ3n) is 1.81. The molecular formula is C8H8N4O2. The third kappa shape index (κ3) is 1.22. The molecule has 0 aromatic carbocycles. The standard InChI is InChI=1S/C8H8N4O2/c9-8-11-5(4-1-2-10-3-4)6(12-8)7(13)14/h1-3,10H,(H,13,14)(H3,9,11,12). The minimum atomic E-state index is -1.08. The zero-order chi connectivity index (χ0) is 10.1. The number of H-pyrrole nitrogens is 2. The zero-order valence-electron chi connectivity index (χ0n) is 7.11. The summed E-state index contributed by atoms with van der Waals surface area (Å²) >= 11 is 0. The monoisotopic (exact) mass is 192 g/mol. The Balaban J connectivity index is 2.58. The van der Waals surface area contributed by atoms with Gasteiger partial charge < -0.3 is 20.8 Å². The van der Waals surface area contributed by atoms with Crippen LogP contribution >= 0.6 is 0 Å². The molecule has 2 aromatic heterocycles. The second-order valence-electron chi connectivity index (χ2n) is 2.75. The van der Waals surface area contributed by atoms with Crippen LogP contribution < -0.4 is 5.73 Å². The summed E-state index contributed by atoms with van der Waals surface area (Å²) in [5.74, 6) is -0.982. The van der Waals surface area contributed by atoms with Crippen molar-refractivity contribution in [3.63, 3.8) is 0 Å². The van der Waals surface area contributed by atoms with Gasteiger partial charge in [-0.1, -0.05) is 0 Å². The fourth-order valence-corrected chi connectivity index (χ4v) is 1.23. The van der Waals surface area contributed by atoms with Gasteiger partial charge in [-0.3, -0.25) is 0 Å². The summed E-state index contributed by atoms with van der Waals surface area (Å²) in [7, 11) is 0. The lowest BCUT2D eigenvalue weighted by Crippen LogP contribution is -1.99. The Hall–Kier alpha value is -2.24. The van der Waals surface area contributed by atoms with Crippen LogP contribution in [-0.4, -0.2) is 26.0 Å². The summed E-state index contributed by atoms with van der Waals surface area (Å²) in [6.07, 6.45) is 3.34. The number of rotatable bonds is 2. The van der Waals surface area contributed by atoms with Gasteiger partial charge in [-0.05, 0) is 6.07 Å². The van der Waals surface area contributed by atoms with Crippen LogP contribution in [0.3, 0.4) is 0 Å². The smallest absolute Gasteiger partial charge is 0.354 e. The van der Waals surface area contributed by atoms with E-state index in [4.69, 9.17) is 10.8 Å². The summed E-state index contributed by atoms with van der Waals surface area (Å²) in [5.41, 5.74) is 6.42. The number of aromatic amines is 2. The van der Waals surface area contributed by atoms with Crippen molar-refractivity contribution in [2.75, 3.05) is 5.73 Å². The molecule has 5 N–H and O–H groups in total. The van der Waals surface area contributed by atoms with E-state index in [1.165, 1.54) is 0 Å². The highest BCUT2D eigenvalue weighted by Gasteiger charge is 2.16. The maximum atomic E-state index is 10.8. The summed E-state index contributed by atoms with van der Waals surface area (Å²) < 4.78 is 0. The minimum Gasteiger partial charge on any atom is -0.477 e. The normalized spacial score (nSPS) is 10.3. The highest BCUT2D eigenvalue weighted by molar-refractivity contribution is 5.93. The molecule has 14 heavy (non-hydrogen) atoms. The number of nitrogens with two attached hydrogens (primary N) is 1. The first-order chi connectivity index (χ1) is 6.68. The molecule has 0 radical (unpaired) electrons. The number of carbonyl (C=O) groups is 1. The Morgan fingerprint density at radius 1 is 1.57 bits per heavy atom. The van der Waals surface area contributed by atoms with Gasteiger partial charge in [-0.2, -0.15) is 0 Å². The first-order valence-corrected chi connectivity index (χ1v) is 3.90. The molecule has 0 aliphatic rings. The number of hydrogen-bond acceptors (Lipinski definition) is 3. The molecule has 6 heteroatoms. The molecule has 0 spiro atoms. The summed E-state index contributed by atoms with van der Waals surface area (Å²) in [6, 6.07) is 1.72. The molecule has 0 saturated heterocycles. The van der Waals surface area contributed by atoms with Crippen molar-refractivity contribution in [2.24, 2.45) is 0 Å². The number of nitrogens with zero attached hydrogens (tertiary/aromatic N) is 1. The maximum Gasteiger partial charge on any atom is 0.354 e. The number of nitrogens with one attached hydrogen (secondary N) is 2. The topological polar surface area (TPSA) is 108 Å². The van der Waals surface area contributed by atoms with Crippen LogP contribution in [0.4, 0.5) is 5.95 Å². The molecule has 0 fully saturated rings. The molecule has 6 nitrogen and oxygen atoms in total. The van der Waals surface area contributed by atoms with Crippen molar-refractivity contribution in [1.82, 2.24) is 15.0 Å². The number of aromatic nitrogens is 3. The van der Waals surface area contributed by atoms with Crippen molar-refractivity contribution in [1.29, 1.82) is 0 Å². The Labute approximate surface area is 78.8 Å². The highest BCUT2D eigenvalue weighted by atomic mass is 16.4. The second-order valence-corrected chi connectivity index (χ2v) is 2.75. The third-order valence-corrected chi connectivity index (χ3v) is 1.81. The highest BCUT2D eigenvalue weighted by Crippen LogP contribution is 2.21. The number of nitrogen functional groups attached to an aromatic ring is 1. The van der Waals surface area contributed by atoms with Crippen molar-refractivity contribution < 1.29 is 9.90 Å². The largest absolute Gasteiger partial charge is 0.477 e. The summed E-state index contributed by atoms with van der Waals surface area (Å²) in [4.78, 5) is 20.0. The Morgan fingerprint density at radius 3 is 2.93 bits per heavy atom. The lowest BCUT2D eigenvalue weighted by atomic mass is 10.2. The van der Waals surface area contributed by atoms with E-state index in [1.54, 1.807) is 18.5 Å². The molecular weight excluding hydrogens is 184 g/mol. The van der Waals surface area contributed by atoms with Gasteiger partial charge in [0.25, 0.3) is 0 Å². The molecule has 0 saturated carbocycles. The molecule has 2 rings (SSSR count). The van der Waals surface area contributed by atoms with Crippen LogP contribution in [0.2, 0.25) is 0 Å². The van der Waals surface area contributed by atoms with Crippen LogP contribution in [0, 0.1) is 0 Å². The van der Waals surface area contributed by atoms with Gasteiger partial charge in [0.2, 0.25) is 0 Å². The van der Waals surface area contributed by atoms with Gasteiger partial charge in [0.05, 0.1) is 0 Å². The van der Waals surface area contributed by atoms with Gasteiger partial charge >= 0.3 is 5.97 Å². The number of anilines is 1. The molecule has 0 bridgehead atoms. The van der Waals surface area contributed by atoms with Gasteiger partial charge in [-0.25, -0.2) is 9.78 Å². The SMILES string of the molecule is Nc1nc(-c2cc[nH]c2)c(C(=O)O)[nH]1. The van der Waals surface area contributed by atoms with Gasteiger partial charge in [0.15, 0.2) is 11.6 Å². The predicted molar refractivity (Wildman–Crippen MR) is 49.7 cm³/mol. The van der Waals surface area contributed by atoms with Gasteiger partial charge in [-0.15, -0.1) is 0 Å². The Kier molecular flexibility index (Phi) is 1.74. The van der Waals surface area contributed by atoms with E-state index in [0.29, 0.717) is 11.3 Å². The number of aromatic carboxylic acids is 1. The first-order valence-electron chi connectivity index (χ1n) is 3.90. The molecule has 0 aliphatic carbocycles. The van der Waals surface area contributed by atoms with E-state index in [1.807, 2.05) is 0 Å². The van der Waals surface area contributed by atoms with Gasteiger partial charge in [0, 0.05) is 18.0 Å². The molecule has 2 aromatic rings. The zero-order valence-corrected chi connectivity index (χ0v) is 7.11. The van der Waals surface area contributed by atoms with Crippen LogP contribution in [-0.2, 0) is 0 Å². The molecule has 0 amide bonds. The van der Waals surface area contributed by atoms with Crippen molar-refractivity contribution in [3.8, 4) is 11.3 Å². The Morgan fingerprint density at radius 2 is 2.36 bits per heavy atom. The van der Waals surface area contributed by atoms with Crippen molar-refractivity contribution >= 4 is 11.9 Å². The summed E-state index contributed by atoms with van der Waals surface area (Å²) in [5, 5.41) is 8.84. The van der Waals surface area contributed by atoms with E-state index in [2.05, 4.69) is 15.0 Å². The molecule has 72 valence electrons. The molecule has 2 heterocycles. The Bertz CT molecular complexity index is 458. The molecule has 0 aliphatic heterocycles. The van der Waals surface area contributed by atoms with E-state index >= 15 is 0 Å². The van der Waals surface area contributed by atoms with Crippen LogP contribution in [0.5, 0.6) is 0 Å². The molecule has 0 atom stereocenters. The van der Waals surface area contributed by atoms with E-state index < -0.39 is 5.97 Å². The van der Waals surface area contributed by atoms with E-state index in [0.717, 1.165) is 0 Å². The average molecular weight is 192 g/mol. The fourth-order valence-electron chi connectivity index (χ4n) is 1.23. The van der Waals surface area contributed by atoms with E-state index in [-0.39, 0.29) is 11.6 Å². The summed E-state index contributed by atoms with van der Waals surface area (Å²) in [6.45, 7) is 0. The number of hydrogen-bond donors (Lipinski definition) is 4. The van der Waals surface area contributed by atoms with Crippen molar-refractivity contribution in [2.45, 2.75) is 0 Å². The predicted octanol–water partition coefficient (Wildman–Crippen LogP) is 0.685. The molecule has 0 unspecified atom stereocenters. The number of carboxylic acid groups (broad SMARTS) is 1. The number of carboxylic acids is 1. The lowest BCUT2D eigenvalue weighted by Gasteiger charge is -1.92. The van der Waals surface area contributed by atoms with Crippen LogP contribution in [0.25, 0.3) is 11.3 Å². The van der Waals surface area contributed by atoms with Crippen LogP contribution in [0.15, 0.2) is 18.5 Å². The van der Waals surface area contributed by atoms with E-state index in [9.17, 15) is 4.79 Å². The minimum absolute atomic E-state index is 0.00194. The van der Waals surface area contributed by atoms with Gasteiger partial charge in [0.1, 0.15) is 5.69 Å². The average Bonchev–Trinajstić information content (AvgIpc) is 2.70. The maximum absolute atomic E-state index is 10.8. The van der Waals surface area contributed by atoms with Crippen LogP contribution in [0.1, 0.15) is 10.5 Å². The quantitative estimate of drug-likeness (QED) is 0.561. The second kappa shape index (κ2) is 2.91. The van der Waals surface area contributed by atoms with Crippen molar-refractivity contribution in [3.05, 3.63) is 24.2 Å². The first kappa shape index (κ1) is 8.36.